The lowest BCUT2D eigenvalue weighted by Gasteiger charge is -2.32. The summed E-state index contributed by atoms with van der Waals surface area (Å²) in [6.45, 7) is 1.55. The van der Waals surface area contributed by atoms with Crippen molar-refractivity contribution in [1.82, 2.24) is 4.90 Å². The van der Waals surface area contributed by atoms with Gasteiger partial charge in [-0.15, -0.1) is 0 Å². The molecule has 3 nitrogen and oxygen atoms in total. The number of aryl methyl sites for hydroxylation is 2. The summed E-state index contributed by atoms with van der Waals surface area (Å²) in [5.74, 6) is -0.690. The highest BCUT2D eigenvalue weighted by Crippen LogP contribution is 2.33. The normalized spacial score (nSPS) is 20.0. The smallest absolute Gasteiger partial charge is 0.320 e. The van der Waals surface area contributed by atoms with E-state index in [-0.39, 0.29) is 6.04 Å². The Bertz CT molecular complexity index is 790. The van der Waals surface area contributed by atoms with Crippen LogP contribution in [0.3, 0.4) is 0 Å². The summed E-state index contributed by atoms with van der Waals surface area (Å²) in [5.41, 5.74) is 6.60. The van der Waals surface area contributed by atoms with E-state index in [0.29, 0.717) is 6.54 Å². The third kappa shape index (κ3) is 3.32. The molecule has 2 aliphatic rings. The van der Waals surface area contributed by atoms with Gasteiger partial charge in [-0.25, -0.2) is 0 Å². The lowest BCUT2D eigenvalue weighted by atomic mass is 9.93. The first-order valence-electron chi connectivity index (χ1n) is 9.57. The predicted molar refractivity (Wildman–Crippen MR) is 104 cm³/mol. The van der Waals surface area contributed by atoms with Crippen LogP contribution in [-0.4, -0.2) is 35.1 Å². The van der Waals surface area contributed by atoms with Crippen LogP contribution in [-0.2, 0) is 17.6 Å². The average molecular weight is 347 g/mol. The Morgan fingerprint density at radius 2 is 1.62 bits per heavy atom. The zero-order chi connectivity index (χ0) is 17.9. The molecule has 1 aliphatic carbocycles. The summed E-state index contributed by atoms with van der Waals surface area (Å²) < 4.78 is 0. The van der Waals surface area contributed by atoms with E-state index in [2.05, 4.69) is 59.5 Å². The molecule has 3 heteroatoms. The van der Waals surface area contributed by atoms with Crippen LogP contribution in [0.25, 0.3) is 5.57 Å². The molecular weight excluding hydrogens is 322 g/mol. The van der Waals surface area contributed by atoms with E-state index in [0.717, 1.165) is 38.6 Å². The number of aliphatic carboxylic acids is 1. The fourth-order valence-corrected chi connectivity index (χ4v) is 4.33. The zero-order valence-corrected chi connectivity index (χ0v) is 15.0. The van der Waals surface area contributed by atoms with Crippen molar-refractivity contribution in [3.05, 3.63) is 76.9 Å². The van der Waals surface area contributed by atoms with Crippen molar-refractivity contribution in [1.29, 1.82) is 0 Å². The van der Waals surface area contributed by atoms with Crippen LogP contribution >= 0.6 is 0 Å². The number of fused-ring (bicyclic) bond motifs is 2. The number of benzene rings is 2. The van der Waals surface area contributed by atoms with Crippen LogP contribution < -0.4 is 0 Å². The molecular formula is C23H25NO2. The summed E-state index contributed by atoms with van der Waals surface area (Å²) in [5, 5.41) is 9.54. The largest absolute Gasteiger partial charge is 0.480 e. The monoisotopic (exact) mass is 347 g/mol. The molecule has 0 aromatic heterocycles. The molecule has 134 valence electrons. The third-order valence-electron chi connectivity index (χ3n) is 5.71. The van der Waals surface area contributed by atoms with E-state index in [1.54, 1.807) is 0 Å². The van der Waals surface area contributed by atoms with E-state index in [9.17, 15) is 9.90 Å². The van der Waals surface area contributed by atoms with E-state index in [1.165, 1.54) is 27.8 Å². The second kappa shape index (κ2) is 7.46. The highest BCUT2D eigenvalue weighted by molar-refractivity contribution is 5.84. The van der Waals surface area contributed by atoms with Crippen LogP contribution in [0.4, 0.5) is 0 Å². The molecule has 0 bridgehead atoms. The maximum absolute atomic E-state index is 11.6. The minimum atomic E-state index is -0.690. The molecule has 2 aromatic carbocycles. The molecule has 1 atom stereocenters. The third-order valence-corrected chi connectivity index (χ3v) is 5.71. The van der Waals surface area contributed by atoms with E-state index in [1.807, 2.05) is 0 Å². The fourth-order valence-electron chi connectivity index (χ4n) is 4.33. The van der Waals surface area contributed by atoms with Crippen LogP contribution in [0, 0.1) is 0 Å². The van der Waals surface area contributed by atoms with Gasteiger partial charge in [0, 0.05) is 6.54 Å². The van der Waals surface area contributed by atoms with E-state index >= 15 is 0 Å². The second-order valence-corrected chi connectivity index (χ2v) is 7.28. The number of carbonyl (C=O) groups is 1. The minimum absolute atomic E-state index is 0.350. The molecule has 1 fully saturated rings. The Labute approximate surface area is 155 Å². The standard InChI is InChI=1S/C23H25NO2/c25-23(26)22-11-5-6-15-24(22)16-14-21-19-9-3-1-7-17(19)12-13-18-8-2-4-10-20(18)21/h1-4,7-10,14,22H,5-6,11-13,15-16H2,(H,25,26). The van der Waals surface area contributed by atoms with Gasteiger partial charge in [0.05, 0.1) is 0 Å². The van der Waals surface area contributed by atoms with Gasteiger partial charge in [-0.05, 0) is 60.1 Å². The molecule has 0 amide bonds. The number of carboxylic acids is 1. The molecule has 1 aliphatic heterocycles. The Morgan fingerprint density at radius 3 is 2.23 bits per heavy atom. The highest BCUT2D eigenvalue weighted by Gasteiger charge is 2.28. The lowest BCUT2D eigenvalue weighted by Crippen LogP contribution is -2.44. The van der Waals surface area contributed by atoms with Gasteiger partial charge in [-0.2, -0.15) is 0 Å². The molecule has 1 heterocycles. The summed E-state index contributed by atoms with van der Waals surface area (Å²) in [6, 6.07) is 16.9. The average Bonchev–Trinajstić information content (AvgIpc) is 2.83. The van der Waals surface area contributed by atoms with Crippen molar-refractivity contribution in [2.45, 2.75) is 38.1 Å². The van der Waals surface area contributed by atoms with Crippen molar-refractivity contribution in [3.63, 3.8) is 0 Å². The van der Waals surface area contributed by atoms with E-state index < -0.39 is 5.97 Å². The van der Waals surface area contributed by atoms with Crippen molar-refractivity contribution in [2.24, 2.45) is 0 Å². The maximum Gasteiger partial charge on any atom is 0.320 e. The fraction of sp³-hybridized carbons (Fsp3) is 0.348. The quantitative estimate of drug-likeness (QED) is 0.906. The lowest BCUT2D eigenvalue weighted by molar-refractivity contribution is -0.144. The van der Waals surface area contributed by atoms with Gasteiger partial charge in [0.1, 0.15) is 6.04 Å². The van der Waals surface area contributed by atoms with Crippen LogP contribution in [0.1, 0.15) is 41.5 Å². The predicted octanol–water partition coefficient (Wildman–Crippen LogP) is 4.16. The molecule has 0 radical (unpaired) electrons. The topological polar surface area (TPSA) is 40.5 Å². The molecule has 1 unspecified atom stereocenters. The van der Waals surface area contributed by atoms with Gasteiger partial charge in [0.15, 0.2) is 0 Å². The Morgan fingerprint density at radius 1 is 1.00 bits per heavy atom. The molecule has 1 N–H and O–H groups in total. The van der Waals surface area contributed by atoms with Gasteiger partial charge in [-0.3, -0.25) is 9.69 Å². The van der Waals surface area contributed by atoms with Crippen molar-refractivity contribution in [3.8, 4) is 0 Å². The van der Waals surface area contributed by atoms with Gasteiger partial charge in [0.2, 0.25) is 0 Å². The van der Waals surface area contributed by atoms with E-state index in [4.69, 9.17) is 0 Å². The summed E-state index contributed by atoms with van der Waals surface area (Å²) >= 11 is 0. The Hall–Kier alpha value is -2.39. The number of hydrogen-bond acceptors (Lipinski definition) is 2. The highest BCUT2D eigenvalue weighted by atomic mass is 16.4. The first-order valence-corrected chi connectivity index (χ1v) is 9.57. The summed E-state index contributed by atoms with van der Waals surface area (Å²) in [4.78, 5) is 13.7. The molecule has 1 saturated heterocycles. The van der Waals surface area contributed by atoms with Crippen LogP contribution in [0.2, 0.25) is 0 Å². The Kier molecular flexibility index (Phi) is 4.89. The molecule has 2 aromatic rings. The van der Waals surface area contributed by atoms with Gasteiger partial charge >= 0.3 is 5.97 Å². The second-order valence-electron chi connectivity index (χ2n) is 7.28. The molecule has 4 rings (SSSR count). The number of rotatable bonds is 3. The number of hydrogen-bond donors (Lipinski definition) is 1. The Balaban J connectivity index is 1.72. The first-order chi connectivity index (χ1) is 12.7. The van der Waals surface area contributed by atoms with Crippen molar-refractivity contribution in [2.75, 3.05) is 13.1 Å². The number of likely N-dealkylation sites (tertiary alicyclic amines) is 1. The first kappa shape index (κ1) is 17.0. The molecule has 0 spiro atoms. The SMILES string of the molecule is O=C(O)C1CCCCN1CC=C1c2ccccc2CCc2ccccc21. The van der Waals surface area contributed by atoms with Crippen molar-refractivity contribution < 1.29 is 9.90 Å². The zero-order valence-electron chi connectivity index (χ0n) is 15.0. The number of nitrogens with zero attached hydrogens (tertiary/aromatic N) is 1. The summed E-state index contributed by atoms with van der Waals surface area (Å²) in [6.07, 6.45) is 7.20. The van der Waals surface area contributed by atoms with Gasteiger partial charge < -0.3 is 5.11 Å². The minimum Gasteiger partial charge on any atom is -0.480 e. The van der Waals surface area contributed by atoms with Crippen LogP contribution in [0.5, 0.6) is 0 Å². The number of piperidine rings is 1. The van der Waals surface area contributed by atoms with Crippen molar-refractivity contribution >= 4 is 11.5 Å². The molecule has 26 heavy (non-hydrogen) atoms. The van der Waals surface area contributed by atoms with Gasteiger partial charge in [0.25, 0.3) is 0 Å². The van der Waals surface area contributed by atoms with Gasteiger partial charge in [-0.1, -0.05) is 61.0 Å². The number of carboxylic acid groups (broad SMARTS) is 1. The molecule has 0 saturated carbocycles. The maximum atomic E-state index is 11.6. The van der Waals surface area contributed by atoms with Crippen LogP contribution in [0.15, 0.2) is 54.6 Å². The summed E-state index contributed by atoms with van der Waals surface area (Å²) in [7, 11) is 0.